The monoisotopic (exact) mass is 592 g/mol. The summed E-state index contributed by atoms with van der Waals surface area (Å²) in [6.45, 7) is 7.82. The van der Waals surface area contributed by atoms with Gasteiger partial charge in [0, 0.05) is 29.2 Å². The van der Waals surface area contributed by atoms with E-state index in [1.54, 1.807) is 0 Å². The van der Waals surface area contributed by atoms with E-state index in [-0.39, 0.29) is 18.4 Å². The lowest BCUT2D eigenvalue weighted by Crippen LogP contribution is -2.35. The van der Waals surface area contributed by atoms with Crippen LogP contribution in [-0.2, 0) is 22.4 Å². The second kappa shape index (κ2) is 13.0. The minimum absolute atomic E-state index is 0.0254. The number of hydrogen-bond donors (Lipinski definition) is 2. The van der Waals surface area contributed by atoms with Crippen LogP contribution in [0.2, 0.25) is 5.02 Å². The van der Waals surface area contributed by atoms with Crippen LogP contribution in [0.5, 0.6) is 17.2 Å². The van der Waals surface area contributed by atoms with Crippen LogP contribution < -0.4 is 19.5 Å². The minimum atomic E-state index is -0.920. The van der Waals surface area contributed by atoms with Gasteiger partial charge >= 0.3 is 5.97 Å². The molecule has 3 atom stereocenters. The number of nitrogens with zero attached hydrogens (tertiary/aromatic N) is 1. The van der Waals surface area contributed by atoms with E-state index in [0.717, 1.165) is 40.8 Å². The lowest BCUT2D eigenvalue weighted by atomic mass is 9.82. The Balaban J connectivity index is 1.49. The van der Waals surface area contributed by atoms with Crippen LogP contribution >= 0.6 is 11.6 Å². The number of fused-ring (bicyclic) bond motifs is 1. The molecule has 42 heavy (non-hydrogen) atoms. The highest BCUT2D eigenvalue weighted by molar-refractivity contribution is 6.30. The van der Waals surface area contributed by atoms with Crippen LogP contribution in [0.4, 0.5) is 5.69 Å². The fourth-order valence-corrected chi connectivity index (χ4v) is 6.42. The normalized spacial score (nSPS) is 19.9. The summed E-state index contributed by atoms with van der Waals surface area (Å²) in [5.74, 6) is -0.336. The fourth-order valence-electron chi connectivity index (χ4n) is 6.15. The van der Waals surface area contributed by atoms with Gasteiger partial charge in [-0.1, -0.05) is 43.6 Å². The summed E-state index contributed by atoms with van der Waals surface area (Å²) in [4.78, 5) is 28.5. The number of hydrogen-bond acceptors (Lipinski definition) is 6. The average molecular weight is 593 g/mol. The lowest BCUT2D eigenvalue weighted by Gasteiger charge is -2.27. The number of ether oxygens (including phenoxy) is 3. The molecule has 2 aliphatic heterocycles. The molecule has 0 radical (unpaired) electrons. The van der Waals surface area contributed by atoms with Crippen LogP contribution in [0.3, 0.4) is 0 Å². The van der Waals surface area contributed by atoms with Gasteiger partial charge in [0.05, 0.1) is 19.1 Å². The van der Waals surface area contributed by atoms with Crippen LogP contribution in [0.15, 0.2) is 54.6 Å². The summed E-state index contributed by atoms with van der Waals surface area (Å²) in [7, 11) is 0. The maximum absolute atomic E-state index is 13.6. The Labute approximate surface area is 251 Å². The van der Waals surface area contributed by atoms with Crippen molar-refractivity contribution in [3.63, 3.8) is 0 Å². The van der Waals surface area contributed by atoms with E-state index in [2.05, 4.69) is 5.32 Å². The molecule has 1 fully saturated rings. The zero-order valence-corrected chi connectivity index (χ0v) is 24.9. The molecule has 8 nitrogen and oxygen atoms in total. The first-order chi connectivity index (χ1) is 20.3. The number of likely N-dealkylation sites (tertiary alicyclic amines) is 1. The van der Waals surface area contributed by atoms with Crippen LogP contribution in [0.1, 0.15) is 55.0 Å². The minimum Gasteiger partial charge on any atom is -0.494 e. The molecule has 0 saturated carbocycles. The van der Waals surface area contributed by atoms with Gasteiger partial charge in [0.15, 0.2) is 11.5 Å². The fraction of sp³-hybridized carbons (Fsp3) is 0.394. The van der Waals surface area contributed by atoms with Crippen molar-refractivity contribution in [2.75, 3.05) is 38.2 Å². The maximum Gasteiger partial charge on any atom is 0.309 e. The molecule has 1 unspecified atom stereocenters. The molecule has 5 rings (SSSR count). The quantitative estimate of drug-likeness (QED) is 0.293. The largest absolute Gasteiger partial charge is 0.494 e. The number of benzene rings is 3. The van der Waals surface area contributed by atoms with E-state index in [1.807, 2.05) is 80.3 Å². The smallest absolute Gasteiger partial charge is 0.309 e. The van der Waals surface area contributed by atoms with Crippen molar-refractivity contribution in [2.45, 2.75) is 45.6 Å². The zero-order chi connectivity index (χ0) is 29.8. The van der Waals surface area contributed by atoms with Crippen molar-refractivity contribution in [2.24, 2.45) is 5.92 Å². The number of carboxylic acids is 1. The van der Waals surface area contributed by atoms with Gasteiger partial charge in [0.2, 0.25) is 5.91 Å². The summed E-state index contributed by atoms with van der Waals surface area (Å²) >= 11 is 6.33. The van der Waals surface area contributed by atoms with Gasteiger partial charge in [-0.05, 0) is 78.4 Å². The number of carboxylic acid groups (broad SMARTS) is 1. The molecule has 0 spiro atoms. The highest BCUT2D eigenvalue weighted by Crippen LogP contribution is 2.47. The topological polar surface area (TPSA) is 97.3 Å². The Morgan fingerprint density at radius 3 is 2.21 bits per heavy atom. The molecule has 2 aliphatic rings. The number of anilines is 1. The SMILES string of the molecule is CCOc1ccc([C@H]2C(C(=O)O)[C@@H](c3ccc4c(c3)OCCO4)CN2CC(=O)Nc2c(CC)cc(Cl)cc2CC)cc1. The molecule has 222 valence electrons. The van der Waals surface area contributed by atoms with E-state index in [1.165, 1.54) is 0 Å². The number of amides is 1. The number of halogens is 1. The Bertz CT molecular complexity index is 1420. The predicted molar refractivity (Wildman–Crippen MR) is 162 cm³/mol. The summed E-state index contributed by atoms with van der Waals surface area (Å²) in [6, 6.07) is 16.3. The third-order valence-electron chi connectivity index (χ3n) is 8.05. The molecule has 0 bridgehead atoms. The van der Waals surface area contributed by atoms with Gasteiger partial charge in [-0.3, -0.25) is 14.5 Å². The molecule has 1 amide bonds. The molecule has 0 aliphatic carbocycles. The van der Waals surface area contributed by atoms with Gasteiger partial charge < -0.3 is 24.6 Å². The Hall–Kier alpha value is -3.75. The van der Waals surface area contributed by atoms with Gasteiger partial charge in [0.1, 0.15) is 19.0 Å². The Morgan fingerprint density at radius 2 is 1.60 bits per heavy atom. The molecule has 1 saturated heterocycles. The standard InChI is InChI=1S/C33H37ClN2O6/c1-4-20-15-24(34)16-21(5-2)31(20)35-29(37)19-36-18-26(23-9-12-27-28(17-23)42-14-13-41-27)30(33(38)39)32(36)22-7-10-25(11-8-22)40-6-3/h7-12,15-17,26,30,32H,4-6,13-14,18-19H2,1-3H3,(H,35,37)(H,38,39)/t26-,30?,32+/m1/s1. The second-order valence-corrected chi connectivity index (χ2v) is 11.0. The lowest BCUT2D eigenvalue weighted by molar-refractivity contribution is -0.143. The second-order valence-electron chi connectivity index (χ2n) is 10.6. The number of aryl methyl sites for hydroxylation is 2. The van der Waals surface area contributed by atoms with Gasteiger partial charge in [-0.15, -0.1) is 0 Å². The van der Waals surface area contributed by atoms with E-state index >= 15 is 0 Å². The third-order valence-corrected chi connectivity index (χ3v) is 8.27. The van der Waals surface area contributed by atoms with E-state index in [0.29, 0.717) is 48.6 Å². The van der Waals surface area contributed by atoms with Crippen molar-refractivity contribution in [3.05, 3.63) is 81.9 Å². The van der Waals surface area contributed by atoms with Crippen molar-refractivity contribution < 1.29 is 28.9 Å². The van der Waals surface area contributed by atoms with Gasteiger partial charge in [0.25, 0.3) is 0 Å². The number of nitrogens with one attached hydrogen (secondary N) is 1. The zero-order valence-electron chi connectivity index (χ0n) is 24.2. The predicted octanol–water partition coefficient (Wildman–Crippen LogP) is 6.11. The Kier molecular flexibility index (Phi) is 9.24. The first-order valence-corrected chi connectivity index (χ1v) is 14.9. The van der Waals surface area contributed by atoms with Crippen molar-refractivity contribution in [3.8, 4) is 17.2 Å². The summed E-state index contributed by atoms with van der Waals surface area (Å²) in [5.41, 5.74) is 4.37. The third kappa shape index (κ3) is 6.20. The maximum atomic E-state index is 13.6. The van der Waals surface area contributed by atoms with Gasteiger partial charge in [-0.25, -0.2) is 0 Å². The summed E-state index contributed by atoms with van der Waals surface area (Å²) in [5, 5.41) is 14.4. The molecule has 9 heteroatoms. The van der Waals surface area contributed by atoms with Gasteiger partial charge in [-0.2, -0.15) is 0 Å². The average Bonchev–Trinajstić information content (AvgIpc) is 3.37. The van der Waals surface area contributed by atoms with E-state index in [9.17, 15) is 14.7 Å². The molecule has 3 aromatic carbocycles. The highest BCUT2D eigenvalue weighted by atomic mass is 35.5. The molecule has 2 heterocycles. The highest BCUT2D eigenvalue weighted by Gasteiger charge is 2.48. The first-order valence-electron chi connectivity index (χ1n) is 14.5. The molecule has 3 aromatic rings. The van der Waals surface area contributed by atoms with Crippen molar-refractivity contribution in [1.82, 2.24) is 4.90 Å². The van der Waals surface area contributed by atoms with Crippen LogP contribution in [0.25, 0.3) is 0 Å². The molecular weight excluding hydrogens is 556 g/mol. The van der Waals surface area contributed by atoms with Crippen molar-refractivity contribution in [1.29, 1.82) is 0 Å². The molecule has 2 N–H and O–H groups in total. The molecule has 0 aromatic heterocycles. The summed E-state index contributed by atoms with van der Waals surface area (Å²) < 4.78 is 17.1. The first kappa shape index (κ1) is 29.7. The van der Waals surface area contributed by atoms with Crippen LogP contribution in [-0.4, -0.2) is 54.8 Å². The summed E-state index contributed by atoms with van der Waals surface area (Å²) in [6.07, 6.45) is 1.43. The molecular formula is C33H37ClN2O6. The number of carbonyl (C=O) groups excluding carboxylic acids is 1. The Morgan fingerprint density at radius 1 is 0.952 bits per heavy atom. The number of carbonyl (C=O) groups is 2. The van der Waals surface area contributed by atoms with Crippen molar-refractivity contribution >= 4 is 29.2 Å². The number of aliphatic carboxylic acids is 1. The van der Waals surface area contributed by atoms with Crippen LogP contribution in [0, 0.1) is 5.92 Å². The number of rotatable bonds is 10. The van der Waals surface area contributed by atoms with E-state index in [4.69, 9.17) is 25.8 Å². The van der Waals surface area contributed by atoms with E-state index < -0.39 is 17.9 Å².